The van der Waals surface area contributed by atoms with Crippen molar-refractivity contribution in [1.29, 1.82) is 0 Å². The number of fused-ring (bicyclic) bond motifs is 3. The number of aryl methyl sites for hydroxylation is 1. The molecule has 2 aromatic carbocycles. The van der Waals surface area contributed by atoms with Gasteiger partial charge in [-0.15, -0.1) is 0 Å². The summed E-state index contributed by atoms with van der Waals surface area (Å²) >= 11 is 0. The topological polar surface area (TPSA) is 9.23 Å². The molecule has 31 heavy (non-hydrogen) atoms. The maximum Gasteiger partial charge on any atom is 0.427 e. The van der Waals surface area contributed by atoms with Crippen LogP contribution in [0.4, 0.5) is 13.2 Å². The Balaban J connectivity index is 1.60. The van der Waals surface area contributed by atoms with E-state index in [9.17, 15) is 13.2 Å². The predicted molar refractivity (Wildman–Crippen MR) is 119 cm³/mol. The van der Waals surface area contributed by atoms with Crippen LogP contribution in [0.5, 0.6) is 5.75 Å². The van der Waals surface area contributed by atoms with Gasteiger partial charge in [0.1, 0.15) is 0 Å². The predicted octanol–water partition coefficient (Wildman–Crippen LogP) is 8.74. The maximum absolute atomic E-state index is 15.0. The zero-order chi connectivity index (χ0) is 22.0. The summed E-state index contributed by atoms with van der Waals surface area (Å²) in [5.74, 6) is 0.130. The van der Waals surface area contributed by atoms with E-state index < -0.39 is 11.9 Å². The summed E-state index contributed by atoms with van der Waals surface area (Å²) < 4.78 is 49.9. The Bertz CT molecular complexity index is 913. The number of halogens is 3. The van der Waals surface area contributed by atoms with Gasteiger partial charge in [-0.25, -0.2) is 4.39 Å². The second-order valence-corrected chi connectivity index (χ2v) is 9.30. The molecule has 1 heterocycles. The van der Waals surface area contributed by atoms with Crippen LogP contribution in [0.15, 0.2) is 30.3 Å². The Hall–Kier alpha value is -1.97. The third kappa shape index (κ3) is 4.49. The van der Waals surface area contributed by atoms with Crippen molar-refractivity contribution in [2.75, 3.05) is 0 Å². The molecule has 1 saturated carbocycles. The highest BCUT2D eigenvalue weighted by Crippen LogP contribution is 2.50. The number of benzene rings is 2. The van der Waals surface area contributed by atoms with Gasteiger partial charge in [0.2, 0.25) is 0 Å². The fraction of sp³-hybridized carbons (Fsp3) is 0.556. The number of ether oxygens (including phenoxy) is 1. The van der Waals surface area contributed by atoms with E-state index in [1.807, 2.05) is 13.0 Å². The van der Waals surface area contributed by atoms with Crippen LogP contribution in [0.3, 0.4) is 0 Å². The SMILES string of the molecule is CCCCc1ccc2c(c1F)OC(F)(F)c1cc(C3CCC(CCCC)CC3)ccc1-2. The molecular formula is C27H33F3O. The molecule has 1 nitrogen and oxygen atoms in total. The maximum atomic E-state index is 15.0. The molecule has 2 aromatic rings. The number of hydrogen-bond donors (Lipinski definition) is 0. The first kappa shape index (κ1) is 22.2. The van der Waals surface area contributed by atoms with Crippen molar-refractivity contribution in [2.24, 2.45) is 5.92 Å². The van der Waals surface area contributed by atoms with Crippen LogP contribution >= 0.6 is 0 Å². The van der Waals surface area contributed by atoms with Crippen LogP contribution in [0.25, 0.3) is 11.1 Å². The van der Waals surface area contributed by atoms with Crippen LogP contribution in [0.1, 0.15) is 94.2 Å². The van der Waals surface area contributed by atoms with Gasteiger partial charge >= 0.3 is 6.11 Å². The normalized spacial score (nSPS) is 21.8. The molecule has 1 fully saturated rings. The van der Waals surface area contributed by atoms with Crippen LogP contribution < -0.4 is 4.74 Å². The molecule has 4 rings (SSSR count). The number of hydrogen-bond acceptors (Lipinski definition) is 1. The average Bonchev–Trinajstić information content (AvgIpc) is 2.78. The Morgan fingerprint density at radius 2 is 1.65 bits per heavy atom. The molecule has 4 heteroatoms. The zero-order valence-corrected chi connectivity index (χ0v) is 18.7. The first-order valence-corrected chi connectivity index (χ1v) is 12.0. The summed E-state index contributed by atoms with van der Waals surface area (Å²) in [4.78, 5) is 0. The largest absolute Gasteiger partial charge is 0.427 e. The molecule has 1 aliphatic heterocycles. The summed E-state index contributed by atoms with van der Waals surface area (Å²) in [7, 11) is 0. The number of rotatable bonds is 7. The van der Waals surface area contributed by atoms with Crippen molar-refractivity contribution < 1.29 is 17.9 Å². The molecule has 0 radical (unpaired) electrons. The number of alkyl halides is 2. The van der Waals surface area contributed by atoms with Gasteiger partial charge < -0.3 is 4.74 Å². The standard InChI is InChI=1S/C27H33F3O/c1-3-5-7-18-9-11-19(12-10-18)21-14-15-22-23-16-13-20(8-6-4-2)25(28)26(23)31-27(29,30)24(22)17-21/h13-19H,3-12H2,1-2H3. The molecule has 0 saturated heterocycles. The summed E-state index contributed by atoms with van der Waals surface area (Å²) in [5.41, 5.74) is 2.07. The molecule has 0 bridgehead atoms. The molecule has 168 valence electrons. The van der Waals surface area contributed by atoms with Crippen LogP contribution in [0.2, 0.25) is 0 Å². The molecule has 0 atom stereocenters. The minimum absolute atomic E-state index is 0.133. The summed E-state index contributed by atoms with van der Waals surface area (Å²) in [6, 6.07) is 8.76. The van der Waals surface area contributed by atoms with Crippen molar-refractivity contribution in [3.05, 3.63) is 52.8 Å². The minimum atomic E-state index is -3.53. The van der Waals surface area contributed by atoms with Gasteiger partial charge in [0, 0.05) is 5.56 Å². The Labute approximate surface area is 184 Å². The highest BCUT2D eigenvalue weighted by Gasteiger charge is 2.44. The highest BCUT2D eigenvalue weighted by molar-refractivity contribution is 5.77. The lowest BCUT2D eigenvalue weighted by Crippen LogP contribution is -2.28. The van der Waals surface area contributed by atoms with Crippen LogP contribution in [-0.2, 0) is 12.5 Å². The van der Waals surface area contributed by atoms with Crippen molar-refractivity contribution in [1.82, 2.24) is 0 Å². The Kier molecular flexibility index (Phi) is 6.64. The van der Waals surface area contributed by atoms with E-state index >= 15 is 0 Å². The first-order chi connectivity index (χ1) is 14.9. The van der Waals surface area contributed by atoms with E-state index in [1.165, 1.54) is 32.1 Å². The summed E-state index contributed by atoms with van der Waals surface area (Å²) in [6.07, 6.45) is 6.94. The molecular weight excluding hydrogens is 397 g/mol. The molecule has 2 aliphatic rings. The third-order valence-electron chi connectivity index (χ3n) is 7.14. The smallest absolute Gasteiger partial charge is 0.425 e. The molecule has 0 unspecified atom stereocenters. The fourth-order valence-corrected chi connectivity index (χ4v) is 5.22. The van der Waals surface area contributed by atoms with Crippen LogP contribution in [-0.4, -0.2) is 0 Å². The molecule has 0 amide bonds. The van der Waals surface area contributed by atoms with Gasteiger partial charge in [-0.3, -0.25) is 0 Å². The monoisotopic (exact) mass is 430 g/mol. The van der Waals surface area contributed by atoms with Gasteiger partial charge in [0.05, 0.1) is 5.56 Å². The van der Waals surface area contributed by atoms with Gasteiger partial charge in [-0.05, 0) is 73.1 Å². The van der Waals surface area contributed by atoms with E-state index in [2.05, 4.69) is 6.92 Å². The van der Waals surface area contributed by atoms with E-state index in [-0.39, 0.29) is 11.3 Å². The van der Waals surface area contributed by atoms with Crippen molar-refractivity contribution in [3.63, 3.8) is 0 Å². The second-order valence-electron chi connectivity index (χ2n) is 9.30. The molecule has 0 aromatic heterocycles. The summed E-state index contributed by atoms with van der Waals surface area (Å²) in [6.45, 7) is 4.24. The second kappa shape index (κ2) is 9.26. The number of unbranched alkanes of at least 4 members (excludes halogenated alkanes) is 2. The van der Waals surface area contributed by atoms with Gasteiger partial charge in [0.25, 0.3) is 0 Å². The molecule has 0 N–H and O–H groups in total. The quantitative estimate of drug-likeness (QED) is 0.427. The van der Waals surface area contributed by atoms with Crippen molar-refractivity contribution >= 4 is 0 Å². The fourth-order valence-electron chi connectivity index (χ4n) is 5.22. The Morgan fingerprint density at radius 3 is 2.35 bits per heavy atom. The van der Waals surface area contributed by atoms with E-state index in [4.69, 9.17) is 4.74 Å². The van der Waals surface area contributed by atoms with Crippen molar-refractivity contribution in [2.45, 2.75) is 90.1 Å². The van der Waals surface area contributed by atoms with E-state index in [1.54, 1.807) is 24.3 Å². The van der Waals surface area contributed by atoms with Gasteiger partial charge in [0.15, 0.2) is 11.6 Å². The summed E-state index contributed by atoms with van der Waals surface area (Å²) in [5, 5.41) is 0. The lowest BCUT2D eigenvalue weighted by atomic mass is 9.76. The highest BCUT2D eigenvalue weighted by atomic mass is 19.3. The molecule has 0 spiro atoms. The van der Waals surface area contributed by atoms with E-state index in [0.29, 0.717) is 29.0 Å². The lowest BCUT2D eigenvalue weighted by molar-refractivity contribution is -0.188. The van der Waals surface area contributed by atoms with Gasteiger partial charge in [-0.2, -0.15) is 8.78 Å². The lowest BCUT2D eigenvalue weighted by Gasteiger charge is -2.32. The third-order valence-corrected chi connectivity index (χ3v) is 7.14. The average molecular weight is 431 g/mol. The zero-order valence-electron chi connectivity index (χ0n) is 18.7. The first-order valence-electron chi connectivity index (χ1n) is 12.0. The molecule has 1 aliphatic carbocycles. The van der Waals surface area contributed by atoms with E-state index in [0.717, 1.165) is 37.2 Å². The van der Waals surface area contributed by atoms with Crippen molar-refractivity contribution in [3.8, 4) is 16.9 Å². The van der Waals surface area contributed by atoms with Gasteiger partial charge in [-0.1, -0.05) is 63.8 Å². The van der Waals surface area contributed by atoms with Crippen LogP contribution in [0, 0.1) is 11.7 Å². The minimum Gasteiger partial charge on any atom is -0.425 e. The Morgan fingerprint density at radius 1 is 0.935 bits per heavy atom.